The molecule has 0 aromatic carbocycles. The molecule has 100 valence electrons. The quantitative estimate of drug-likeness (QED) is 0.577. The molecule has 0 fully saturated rings. The molecule has 0 saturated heterocycles. The predicted octanol–water partition coefficient (Wildman–Crippen LogP) is 1.55. The van der Waals surface area contributed by atoms with E-state index >= 15 is 0 Å². The molecule has 1 atom stereocenters. The van der Waals surface area contributed by atoms with E-state index in [1.54, 1.807) is 6.92 Å². The normalized spacial score (nSPS) is 11.9. The van der Waals surface area contributed by atoms with Crippen LogP contribution in [0, 0.1) is 5.92 Å². The van der Waals surface area contributed by atoms with Crippen LogP contribution in [0.1, 0.15) is 33.6 Å². The van der Waals surface area contributed by atoms with Crippen LogP contribution in [0.3, 0.4) is 0 Å². The average molecular weight is 246 g/mol. The van der Waals surface area contributed by atoms with Gasteiger partial charge in [-0.3, -0.25) is 0 Å². The summed E-state index contributed by atoms with van der Waals surface area (Å²) < 4.78 is 14.5. The maximum Gasteiger partial charge on any atom is 0.332 e. The third kappa shape index (κ3) is 9.81. The largest absolute Gasteiger partial charge is 0.464 e. The van der Waals surface area contributed by atoms with Gasteiger partial charge in [0, 0.05) is 0 Å². The fourth-order valence-electron chi connectivity index (χ4n) is 1.27. The van der Waals surface area contributed by atoms with Gasteiger partial charge in [-0.05, 0) is 19.3 Å². The highest BCUT2D eigenvalue weighted by Gasteiger charge is 2.08. The molecule has 0 spiro atoms. The van der Waals surface area contributed by atoms with E-state index in [9.17, 15) is 9.59 Å². The Hall–Kier alpha value is -1.10. The van der Waals surface area contributed by atoms with Crippen LogP contribution in [0.15, 0.2) is 0 Å². The Morgan fingerprint density at radius 2 is 1.65 bits per heavy atom. The van der Waals surface area contributed by atoms with Crippen molar-refractivity contribution in [1.82, 2.24) is 0 Å². The van der Waals surface area contributed by atoms with Crippen LogP contribution in [0.2, 0.25) is 0 Å². The highest BCUT2D eigenvalue weighted by atomic mass is 16.6. The lowest BCUT2D eigenvalue weighted by Gasteiger charge is -2.10. The molecule has 5 nitrogen and oxygen atoms in total. The van der Waals surface area contributed by atoms with Crippen LogP contribution in [0.5, 0.6) is 0 Å². The lowest BCUT2D eigenvalue weighted by atomic mass is 10.1. The predicted molar refractivity (Wildman–Crippen MR) is 62.5 cm³/mol. The van der Waals surface area contributed by atoms with Crippen LogP contribution < -0.4 is 0 Å². The van der Waals surface area contributed by atoms with Gasteiger partial charge in [0.25, 0.3) is 0 Å². The monoisotopic (exact) mass is 246 g/mol. The van der Waals surface area contributed by atoms with Gasteiger partial charge in [0.05, 0.1) is 13.2 Å². The number of rotatable bonds is 9. The summed E-state index contributed by atoms with van der Waals surface area (Å²) in [6.45, 7) is 6.10. The van der Waals surface area contributed by atoms with Gasteiger partial charge < -0.3 is 14.2 Å². The Morgan fingerprint density at radius 1 is 1.06 bits per heavy atom. The summed E-state index contributed by atoms with van der Waals surface area (Å²) >= 11 is 0. The fourth-order valence-corrected chi connectivity index (χ4v) is 1.27. The molecule has 0 heterocycles. The first-order valence-corrected chi connectivity index (χ1v) is 5.99. The van der Waals surface area contributed by atoms with E-state index in [4.69, 9.17) is 9.47 Å². The van der Waals surface area contributed by atoms with Crippen molar-refractivity contribution in [3.8, 4) is 0 Å². The summed E-state index contributed by atoms with van der Waals surface area (Å²) in [5, 5.41) is 0. The molecule has 0 aliphatic carbocycles. The molecular weight excluding hydrogens is 224 g/mol. The molecule has 0 radical (unpaired) electrons. The molecule has 5 heteroatoms. The van der Waals surface area contributed by atoms with Crippen LogP contribution in [0.25, 0.3) is 0 Å². The Morgan fingerprint density at radius 3 is 2.18 bits per heavy atom. The zero-order valence-corrected chi connectivity index (χ0v) is 10.9. The zero-order valence-electron chi connectivity index (χ0n) is 10.9. The fraction of sp³-hybridized carbons (Fsp3) is 0.833. The molecule has 0 aromatic rings. The van der Waals surface area contributed by atoms with Crippen LogP contribution in [-0.4, -0.2) is 38.4 Å². The van der Waals surface area contributed by atoms with Crippen molar-refractivity contribution in [3.05, 3.63) is 0 Å². The number of carbonyl (C=O) groups excluding carboxylic acids is 2. The highest BCUT2D eigenvalue weighted by Crippen LogP contribution is 2.04. The van der Waals surface area contributed by atoms with Crippen molar-refractivity contribution in [2.75, 3.05) is 26.4 Å². The zero-order chi connectivity index (χ0) is 13.1. The van der Waals surface area contributed by atoms with Gasteiger partial charge in [0.2, 0.25) is 0 Å². The Balaban J connectivity index is 3.49. The first-order valence-electron chi connectivity index (χ1n) is 5.99. The second kappa shape index (κ2) is 10.1. The average Bonchev–Trinajstić information content (AvgIpc) is 2.27. The minimum atomic E-state index is -0.473. The summed E-state index contributed by atoms with van der Waals surface area (Å²) in [6, 6.07) is 0. The highest BCUT2D eigenvalue weighted by molar-refractivity contribution is 5.73. The van der Waals surface area contributed by atoms with Crippen molar-refractivity contribution >= 4 is 11.9 Å². The van der Waals surface area contributed by atoms with E-state index in [1.165, 1.54) is 0 Å². The molecule has 0 aliphatic heterocycles. The minimum absolute atomic E-state index is 0.211. The Kier molecular flexibility index (Phi) is 9.43. The van der Waals surface area contributed by atoms with E-state index in [1.807, 2.05) is 6.92 Å². The number of esters is 2. The number of hydrogen-bond donors (Lipinski definition) is 0. The third-order valence-corrected chi connectivity index (χ3v) is 2.06. The molecular formula is C12H22O5. The summed E-state index contributed by atoms with van der Waals surface area (Å²) in [4.78, 5) is 22.1. The lowest BCUT2D eigenvalue weighted by Crippen LogP contribution is -2.20. The van der Waals surface area contributed by atoms with Gasteiger partial charge in [-0.2, -0.15) is 0 Å². The molecule has 0 bridgehead atoms. The standard InChI is InChI=1S/C12H22O5/c1-4-6-10(3)7-17-12(14)9-15-8-11(13)16-5-2/h10H,4-9H2,1-3H3. The number of carbonyl (C=O) groups is 2. The van der Waals surface area contributed by atoms with Crippen LogP contribution >= 0.6 is 0 Å². The van der Waals surface area contributed by atoms with Crippen molar-refractivity contribution in [3.63, 3.8) is 0 Å². The summed E-state index contributed by atoms with van der Waals surface area (Å²) in [5.41, 5.74) is 0. The second-order valence-electron chi connectivity index (χ2n) is 3.87. The molecule has 0 aliphatic rings. The van der Waals surface area contributed by atoms with Gasteiger partial charge in [-0.1, -0.05) is 20.3 Å². The van der Waals surface area contributed by atoms with Gasteiger partial charge in [-0.25, -0.2) is 9.59 Å². The maximum atomic E-state index is 11.2. The second-order valence-corrected chi connectivity index (χ2v) is 3.87. The van der Waals surface area contributed by atoms with E-state index in [-0.39, 0.29) is 13.2 Å². The van der Waals surface area contributed by atoms with Gasteiger partial charge in [-0.15, -0.1) is 0 Å². The molecule has 0 aromatic heterocycles. The van der Waals surface area contributed by atoms with Crippen molar-refractivity contribution in [1.29, 1.82) is 0 Å². The van der Waals surface area contributed by atoms with Crippen molar-refractivity contribution < 1.29 is 23.8 Å². The van der Waals surface area contributed by atoms with E-state index in [0.29, 0.717) is 19.1 Å². The van der Waals surface area contributed by atoms with Crippen LogP contribution in [-0.2, 0) is 23.8 Å². The third-order valence-electron chi connectivity index (χ3n) is 2.06. The van der Waals surface area contributed by atoms with Gasteiger partial charge >= 0.3 is 11.9 Å². The molecule has 17 heavy (non-hydrogen) atoms. The first kappa shape index (κ1) is 15.9. The lowest BCUT2D eigenvalue weighted by molar-refractivity contribution is -0.155. The number of ether oxygens (including phenoxy) is 3. The smallest absolute Gasteiger partial charge is 0.332 e. The molecule has 0 amide bonds. The summed E-state index contributed by atoms with van der Waals surface area (Å²) in [7, 11) is 0. The maximum absolute atomic E-state index is 11.2. The first-order chi connectivity index (χ1) is 8.10. The van der Waals surface area contributed by atoms with Gasteiger partial charge in [0.1, 0.15) is 13.2 Å². The molecule has 0 saturated carbocycles. The molecule has 1 unspecified atom stereocenters. The summed E-state index contributed by atoms with van der Waals surface area (Å²) in [6.07, 6.45) is 2.09. The molecule has 0 N–H and O–H groups in total. The SMILES string of the molecule is CCCC(C)COC(=O)COCC(=O)OCC. The van der Waals surface area contributed by atoms with Gasteiger partial charge in [0.15, 0.2) is 0 Å². The number of hydrogen-bond acceptors (Lipinski definition) is 5. The van der Waals surface area contributed by atoms with E-state index < -0.39 is 11.9 Å². The van der Waals surface area contributed by atoms with E-state index in [2.05, 4.69) is 11.7 Å². The van der Waals surface area contributed by atoms with E-state index in [0.717, 1.165) is 12.8 Å². The van der Waals surface area contributed by atoms with Crippen molar-refractivity contribution in [2.45, 2.75) is 33.6 Å². The summed E-state index contributed by atoms with van der Waals surface area (Å²) in [5.74, 6) is -0.564. The van der Waals surface area contributed by atoms with Crippen molar-refractivity contribution in [2.24, 2.45) is 5.92 Å². The Bertz CT molecular complexity index is 227. The van der Waals surface area contributed by atoms with Crippen LogP contribution in [0.4, 0.5) is 0 Å². The molecule has 0 rings (SSSR count). The minimum Gasteiger partial charge on any atom is -0.464 e. The Labute approximate surface area is 102 Å². The topological polar surface area (TPSA) is 61.8 Å².